The Labute approximate surface area is 64.5 Å². The van der Waals surface area contributed by atoms with Crippen molar-refractivity contribution < 1.29 is 9.00 Å². The molecule has 1 unspecified atom stereocenters. The van der Waals surface area contributed by atoms with Gasteiger partial charge in [-0.3, -0.25) is 4.21 Å². The first-order valence-electron chi connectivity index (χ1n) is 3.60. The summed E-state index contributed by atoms with van der Waals surface area (Å²) in [5.74, 6) is 1.30. The number of hydrogen-bond donors (Lipinski definition) is 0. The van der Waals surface area contributed by atoms with E-state index in [2.05, 4.69) is 6.92 Å². The SMILES string of the molecule is CCCCS(=O)CCC=O. The third-order valence-electron chi connectivity index (χ3n) is 1.19. The summed E-state index contributed by atoms with van der Waals surface area (Å²) in [4.78, 5) is 9.85. The van der Waals surface area contributed by atoms with E-state index < -0.39 is 10.8 Å². The average molecular weight is 162 g/mol. The first kappa shape index (κ1) is 9.82. The van der Waals surface area contributed by atoms with Crippen LogP contribution in [0.5, 0.6) is 0 Å². The van der Waals surface area contributed by atoms with Gasteiger partial charge in [-0.15, -0.1) is 0 Å². The summed E-state index contributed by atoms with van der Waals surface area (Å²) in [5, 5.41) is 0. The van der Waals surface area contributed by atoms with E-state index in [0.29, 0.717) is 12.2 Å². The third-order valence-corrected chi connectivity index (χ3v) is 2.62. The highest BCUT2D eigenvalue weighted by Gasteiger charge is 1.96. The van der Waals surface area contributed by atoms with Crippen LogP contribution < -0.4 is 0 Å². The summed E-state index contributed by atoms with van der Waals surface area (Å²) in [6.45, 7) is 2.07. The molecule has 0 fully saturated rings. The van der Waals surface area contributed by atoms with E-state index in [1.807, 2.05) is 0 Å². The number of rotatable bonds is 6. The van der Waals surface area contributed by atoms with E-state index in [0.717, 1.165) is 24.9 Å². The van der Waals surface area contributed by atoms with Crippen molar-refractivity contribution in [2.75, 3.05) is 11.5 Å². The van der Waals surface area contributed by atoms with Gasteiger partial charge < -0.3 is 4.79 Å². The van der Waals surface area contributed by atoms with Crippen molar-refractivity contribution in [3.8, 4) is 0 Å². The number of carbonyl (C=O) groups excluding carboxylic acids is 1. The van der Waals surface area contributed by atoms with E-state index in [-0.39, 0.29) is 0 Å². The molecule has 0 saturated heterocycles. The molecular formula is C7H14O2S. The highest BCUT2D eigenvalue weighted by molar-refractivity contribution is 7.84. The zero-order valence-electron chi connectivity index (χ0n) is 6.34. The first-order valence-corrected chi connectivity index (χ1v) is 5.08. The van der Waals surface area contributed by atoms with Gasteiger partial charge in [0.25, 0.3) is 0 Å². The van der Waals surface area contributed by atoms with Gasteiger partial charge >= 0.3 is 0 Å². The molecule has 0 aromatic heterocycles. The maximum atomic E-state index is 10.9. The van der Waals surface area contributed by atoms with Gasteiger partial charge in [-0.1, -0.05) is 13.3 Å². The molecule has 0 saturated carbocycles. The highest BCUT2D eigenvalue weighted by Crippen LogP contribution is 1.92. The second-order valence-electron chi connectivity index (χ2n) is 2.16. The molecule has 0 aromatic carbocycles. The predicted molar refractivity (Wildman–Crippen MR) is 43.5 cm³/mol. The van der Waals surface area contributed by atoms with Gasteiger partial charge in [0.2, 0.25) is 0 Å². The molecule has 0 aromatic rings. The van der Waals surface area contributed by atoms with Crippen LogP contribution in [-0.2, 0) is 15.6 Å². The second kappa shape index (κ2) is 6.93. The largest absolute Gasteiger partial charge is 0.303 e. The van der Waals surface area contributed by atoms with E-state index in [9.17, 15) is 9.00 Å². The van der Waals surface area contributed by atoms with Crippen molar-refractivity contribution in [1.29, 1.82) is 0 Å². The summed E-state index contributed by atoms with van der Waals surface area (Å²) in [6.07, 6.45) is 3.35. The van der Waals surface area contributed by atoms with Crippen LogP contribution in [0.15, 0.2) is 0 Å². The van der Waals surface area contributed by atoms with Gasteiger partial charge in [-0.2, -0.15) is 0 Å². The summed E-state index contributed by atoms with van der Waals surface area (Å²) in [6, 6.07) is 0. The van der Waals surface area contributed by atoms with E-state index >= 15 is 0 Å². The summed E-state index contributed by atoms with van der Waals surface area (Å²) < 4.78 is 10.9. The molecule has 0 aliphatic carbocycles. The molecule has 10 heavy (non-hydrogen) atoms. The molecule has 0 heterocycles. The monoisotopic (exact) mass is 162 g/mol. The van der Waals surface area contributed by atoms with Crippen LogP contribution in [0.4, 0.5) is 0 Å². The Kier molecular flexibility index (Phi) is 6.81. The molecular weight excluding hydrogens is 148 g/mol. The van der Waals surface area contributed by atoms with Crippen LogP contribution in [0, 0.1) is 0 Å². The minimum atomic E-state index is -0.751. The number of carbonyl (C=O) groups is 1. The molecule has 2 nitrogen and oxygen atoms in total. The molecule has 0 aliphatic heterocycles. The molecule has 0 radical (unpaired) electrons. The maximum Gasteiger partial charge on any atom is 0.120 e. The van der Waals surface area contributed by atoms with Gasteiger partial charge in [-0.05, 0) is 6.42 Å². The number of aldehydes is 1. The lowest BCUT2D eigenvalue weighted by atomic mass is 10.4. The quantitative estimate of drug-likeness (QED) is 0.548. The molecule has 0 aliphatic rings. The Bertz CT molecular complexity index is 112. The second-order valence-corrected chi connectivity index (χ2v) is 3.85. The average Bonchev–Trinajstić information content (AvgIpc) is 1.97. The van der Waals surface area contributed by atoms with Crippen LogP contribution in [0.25, 0.3) is 0 Å². The van der Waals surface area contributed by atoms with Crippen molar-refractivity contribution in [3.05, 3.63) is 0 Å². The Morgan fingerprint density at radius 2 is 2.10 bits per heavy atom. The van der Waals surface area contributed by atoms with Crippen molar-refractivity contribution >= 4 is 17.1 Å². The standard InChI is InChI=1S/C7H14O2S/c1-2-3-6-10(9)7-4-5-8/h5H,2-4,6-7H2,1H3. The molecule has 0 amide bonds. The first-order chi connectivity index (χ1) is 4.81. The van der Waals surface area contributed by atoms with E-state index in [4.69, 9.17) is 0 Å². The summed E-state index contributed by atoms with van der Waals surface area (Å²) in [5.41, 5.74) is 0. The Hall–Kier alpha value is -0.180. The predicted octanol–water partition coefficient (Wildman–Crippen LogP) is 1.12. The molecule has 0 N–H and O–H groups in total. The summed E-state index contributed by atoms with van der Waals surface area (Å²) >= 11 is 0. The number of unbranched alkanes of at least 4 members (excludes halogenated alkanes) is 1. The minimum Gasteiger partial charge on any atom is -0.303 e. The lowest BCUT2D eigenvalue weighted by molar-refractivity contribution is -0.107. The zero-order valence-corrected chi connectivity index (χ0v) is 7.15. The van der Waals surface area contributed by atoms with E-state index in [1.54, 1.807) is 0 Å². The Morgan fingerprint density at radius 3 is 2.60 bits per heavy atom. The molecule has 0 rings (SSSR count). The lowest BCUT2D eigenvalue weighted by Crippen LogP contribution is -2.02. The summed E-state index contributed by atoms with van der Waals surface area (Å²) in [7, 11) is -0.751. The van der Waals surface area contributed by atoms with Gasteiger partial charge in [0, 0.05) is 28.7 Å². The van der Waals surface area contributed by atoms with Gasteiger partial charge in [-0.25, -0.2) is 0 Å². The third kappa shape index (κ3) is 5.95. The van der Waals surface area contributed by atoms with Crippen LogP contribution in [0.1, 0.15) is 26.2 Å². The Balaban J connectivity index is 3.16. The topological polar surface area (TPSA) is 34.1 Å². The fraction of sp³-hybridized carbons (Fsp3) is 0.857. The smallest absolute Gasteiger partial charge is 0.120 e. The fourth-order valence-electron chi connectivity index (χ4n) is 0.587. The van der Waals surface area contributed by atoms with Gasteiger partial charge in [0.1, 0.15) is 6.29 Å². The highest BCUT2D eigenvalue weighted by atomic mass is 32.2. The molecule has 0 bridgehead atoms. The van der Waals surface area contributed by atoms with Gasteiger partial charge in [0.05, 0.1) is 0 Å². The van der Waals surface area contributed by atoms with Crippen molar-refractivity contribution in [3.63, 3.8) is 0 Å². The van der Waals surface area contributed by atoms with Crippen molar-refractivity contribution in [1.82, 2.24) is 0 Å². The molecule has 1 atom stereocenters. The molecule has 60 valence electrons. The lowest BCUT2D eigenvalue weighted by Gasteiger charge is -1.95. The number of hydrogen-bond acceptors (Lipinski definition) is 2. The molecule has 3 heteroatoms. The Morgan fingerprint density at radius 1 is 1.40 bits per heavy atom. The van der Waals surface area contributed by atoms with Crippen LogP contribution in [0.3, 0.4) is 0 Å². The maximum absolute atomic E-state index is 10.9. The minimum absolute atomic E-state index is 0.441. The normalized spacial score (nSPS) is 12.9. The van der Waals surface area contributed by atoms with Crippen molar-refractivity contribution in [2.45, 2.75) is 26.2 Å². The van der Waals surface area contributed by atoms with Gasteiger partial charge in [0.15, 0.2) is 0 Å². The zero-order chi connectivity index (χ0) is 7.82. The van der Waals surface area contributed by atoms with Crippen molar-refractivity contribution in [2.24, 2.45) is 0 Å². The van der Waals surface area contributed by atoms with Crippen LogP contribution in [-0.4, -0.2) is 22.0 Å². The van der Waals surface area contributed by atoms with Crippen LogP contribution >= 0.6 is 0 Å². The van der Waals surface area contributed by atoms with E-state index in [1.165, 1.54) is 0 Å². The van der Waals surface area contributed by atoms with Crippen LogP contribution in [0.2, 0.25) is 0 Å². The fourth-order valence-corrected chi connectivity index (χ4v) is 1.76. The molecule has 0 spiro atoms.